The van der Waals surface area contributed by atoms with Gasteiger partial charge in [-0.1, -0.05) is 33.8 Å². The van der Waals surface area contributed by atoms with Gasteiger partial charge >= 0.3 is 6.03 Å². The Morgan fingerprint density at radius 1 is 1.07 bits per heavy atom. The highest BCUT2D eigenvalue weighted by atomic mass is 16.5. The van der Waals surface area contributed by atoms with E-state index in [-0.39, 0.29) is 30.7 Å². The standard InChI is InChI=1S/C29H48N4O7/c1-17(2)20(12-19-8-9-25(39-6)26(13-19)40-11-7-10-38-5)14-22(30)24(34)15-21(18(3)4)27(35)31-16-23-28(36)33-29(37)32-23/h8-9,13,17-18,20-24,34H,7,10-12,14-16,30H2,1-6H3,(H,31,35)(H2,32,33,36,37)/t20-,21-,22-,23?,24-/m0/s1. The maximum absolute atomic E-state index is 12.9. The van der Waals surface area contributed by atoms with Crippen molar-refractivity contribution in [3.05, 3.63) is 23.8 Å². The summed E-state index contributed by atoms with van der Waals surface area (Å²) < 4.78 is 16.5. The predicted octanol–water partition coefficient (Wildman–Crippen LogP) is 1.99. The number of nitrogens with two attached hydrogens (primary N) is 1. The normalized spacial score (nSPS) is 18.2. The van der Waals surface area contributed by atoms with Gasteiger partial charge in [-0.15, -0.1) is 0 Å². The average molecular weight is 565 g/mol. The maximum atomic E-state index is 12.9. The van der Waals surface area contributed by atoms with Gasteiger partial charge < -0.3 is 35.7 Å². The van der Waals surface area contributed by atoms with Crippen molar-refractivity contribution in [2.75, 3.05) is 34.0 Å². The first-order valence-electron chi connectivity index (χ1n) is 14.1. The Hall–Kier alpha value is -2.89. The number of carbonyl (C=O) groups excluding carboxylic acids is 3. The fraction of sp³-hybridized carbons (Fsp3) is 0.690. The molecule has 1 unspecified atom stereocenters. The van der Waals surface area contributed by atoms with Crippen molar-refractivity contribution in [2.24, 2.45) is 29.4 Å². The number of hydrogen-bond donors (Lipinski definition) is 5. The fourth-order valence-corrected chi connectivity index (χ4v) is 4.80. The Morgan fingerprint density at radius 2 is 1.80 bits per heavy atom. The minimum atomic E-state index is -0.885. The summed E-state index contributed by atoms with van der Waals surface area (Å²) in [4.78, 5) is 36.0. The number of amides is 4. The topological polar surface area (TPSA) is 161 Å². The quantitative estimate of drug-likeness (QED) is 0.134. The van der Waals surface area contributed by atoms with Gasteiger partial charge in [0.05, 0.1) is 19.8 Å². The van der Waals surface area contributed by atoms with Gasteiger partial charge in [0.2, 0.25) is 5.91 Å². The van der Waals surface area contributed by atoms with Crippen LogP contribution in [0.15, 0.2) is 18.2 Å². The third-order valence-electron chi connectivity index (χ3n) is 7.46. The number of imide groups is 1. The van der Waals surface area contributed by atoms with E-state index in [4.69, 9.17) is 19.9 Å². The third kappa shape index (κ3) is 10.3. The lowest BCUT2D eigenvalue weighted by molar-refractivity contribution is -0.128. The van der Waals surface area contributed by atoms with Crippen molar-refractivity contribution in [1.29, 1.82) is 0 Å². The SMILES string of the molecule is COCCCOc1cc(C[C@@H](C[C@H](N)[C@@H](O)C[C@H](C(=O)NCC2NC(=O)NC2=O)C(C)C)C(C)C)ccc1OC. The molecule has 1 aliphatic rings. The highest BCUT2D eigenvalue weighted by Gasteiger charge is 2.33. The molecule has 5 atom stereocenters. The van der Waals surface area contributed by atoms with Gasteiger partial charge in [0.15, 0.2) is 11.5 Å². The smallest absolute Gasteiger partial charge is 0.322 e. The van der Waals surface area contributed by atoms with Crippen molar-refractivity contribution in [3.8, 4) is 11.5 Å². The molecule has 1 saturated heterocycles. The molecule has 0 radical (unpaired) electrons. The van der Waals surface area contributed by atoms with Gasteiger partial charge in [-0.3, -0.25) is 14.9 Å². The molecule has 11 heteroatoms. The zero-order valence-electron chi connectivity index (χ0n) is 24.7. The van der Waals surface area contributed by atoms with Crippen LogP contribution in [0, 0.1) is 23.7 Å². The number of urea groups is 1. The van der Waals surface area contributed by atoms with Crippen LogP contribution < -0.4 is 31.2 Å². The Bertz CT molecular complexity index is 972. The van der Waals surface area contributed by atoms with Crippen molar-refractivity contribution in [1.82, 2.24) is 16.0 Å². The number of hydrogen-bond acceptors (Lipinski definition) is 8. The third-order valence-corrected chi connectivity index (χ3v) is 7.46. The molecule has 1 aliphatic heterocycles. The molecular weight excluding hydrogens is 516 g/mol. The van der Waals surface area contributed by atoms with Gasteiger partial charge in [0.1, 0.15) is 6.04 Å². The van der Waals surface area contributed by atoms with Crippen LogP contribution in [-0.4, -0.2) is 75.1 Å². The zero-order chi connectivity index (χ0) is 29.8. The van der Waals surface area contributed by atoms with E-state index in [0.29, 0.717) is 37.1 Å². The van der Waals surface area contributed by atoms with Crippen molar-refractivity contribution in [3.63, 3.8) is 0 Å². The number of aliphatic hydroxyl groups excluding tert-OH is 1. The maximum Gasteiger partial charge on any atom is 0.322 e. The summed E-state index contributed by atoms with van der Waals surface area (Å²) in [6, 6.07) is 4.01. The van der Waals surface area contributed by atoms with E-state index in [1.54, 1.807) is 14.2 Å². The number of carbonyl (C=O) groups is 3. The molecule has 1 aromatic rings. The van der Waals surface area contributed by atoms with E-state index in [1.807, 2.05) is 32.0 Å². The number of ether oxygens (including phenoxy) is 3. The molecule has 0 bridgehead atoms. The summed E-state index contributed by atoms with van der Waals surface area (Å²) >= 11 is 0. The van der Waals surface area contributed by atoms with Gasteiger partial charge in [0, 0.05) is 38.6 Å². The highest BCUT2D eigenvalue weighted by Crippen LogP contribution is 2.31. The van der Waals surface area contributed by atoms with Gasteiger partial charge in [-0.25, -0.2) is 4.79 Å². The molecule has 1 fully saturated rings. The van der Waals surface area contributed by atoms with Crippen LogP contribution in [0.3, 0.4) is 0 Å². The van der Waals surface area contributed by atoms with Crippen LogP contribution in [0.2, 0.25) is 0 Å². The fourth-order valence-electron chi connectivity index (χ4n) is 4.80. The number of aliphatic hydroxyl groups is 1. The lowest BCUT2D eigenvalue weighted by Gasteiger charge is -2.30. The minimum absolute atomic E-state index is 0.0167. The molecule has 6 N–H and O–H groups in total. The molecule has 0 spiro atoms. The van der Waals surface area contributed by atoms with Gasteiger partial charge in [-0.05, 0) is 54.7 Å². The summed E-state index contributed by atoms with van der Waals surface area (Å²) in [6.07, 6.45) is 1.41. The number of benzene rings is 1. The van der Waals surface area contributed by atoms with Crippen molar-refractivity contribution < 1.29 is 33.7 Å². The van der Waals surface area contributed by atoms with E-state index >= 15 is 0 Å². The Morgan fingerprint density at radius 3 is 2.38 bits per heavy atom. The molecule has 11 nitrogen and oxygen atoms in total. The molecule has 40 heavy (non-hydrogen) atoms. The van der Waals surface area contributed by atoms with Crippen LogP contribution in [0.1, 0.15) is 52.5 Å². The zero-order valence-corrected chi connectivity index (χ0v) is 24.7. The summed E-state index contributed by atoms with van der Waals surface area (Å²) in [5.74, 6) is 0.529. The van der Waals surface area contributed by atoms with E-state index in [9.17, 15) is 19.5 Å². The van der Waals surface area contributed by atoms with Crippen LogP contribution in [-0.2, 0) is 20.7 Å². The number of nitrogens with one attached hydrogen (secondary N) is 3. The Labute approximate surface area is 237 Å². The van der Waals surface area contributed by atoms with Crippen LogP contribution in [0.5, 0.6) is 11.5 Å². The second-order valence-corrected chi connectivity index (χ2v) is 11.2. The number of rotatable bonds is 18. The lowest BCUT2D eigenvalue weighted by atomic mass is 9.81. The predicted molar refractivity (Wildman–Crippen MR) is 152 cm³/mol. The van der Waals surface area contributed by atoms with E-state index < -0.39 is 36.0 Å². The largest absolute Gasteiger partial charge is 0.493 e. The summed E-state index contributed by atoms with van der Waals surface area (Å²) in [5, 5.41) is 18.4. The molecule has 1 aromatic carbocycles. The Kier molecular flexibility index (Phi) is 13.7. The molecule has 0 saturated carbocycles. The van der Waals surface area contributed by atoms with Crippen LogP contribution >= 0.6 is 0 Å². The van der Waals surface area contributed by atoms with E-state index in [0.717, 1.165) is 18.4 Å². The Balaban J connectivity index is 1.99. The molecule has 4 amide bonds. The summed E-state index contributed by atoms with van der Waals surface area (Å²) in [6.45, 7) is 9.20. The molecule has 2 rings (SSSR count). The molecule has 0 aromatic heterocycles. The monoisotopic (exact) mass is 564 g/mol. The molecule has 0 aliphatic carbocycles. The lowest BCUT2D eigenvalue weighted by Crippen LogP contribution is -2.46. The van der Waals surface area contributed by atoms with Crippen LogP contribution in [0.4, 0.5) is 4.79 Å². The van der Waals surface area contributed by atoms with Gasteiger partial charge in [0.25, 0.3) is 5.91 Å². The van der Waals surface area contributed by atoms with Crippen LogP contribution in [0.25, 0.3) is 0 Å². The highest BCUT2D eigenvalue weighted by molar-refractivity contribution is 6.04. The molecule has 1 heterocycles. The van der Waals surface area contributed by atoms with Crippen molar-refractivity contribution in [2.45, 2.75) is 71.6 Å². The minimum Gasteiger partial charge on any atom is -0.493 e. The molecular formula is C29H48N4O7. The number of methoxy groups -OCH3 is 2. The average Bonchev–Trinajstić information content (AvgIpc) is 3.23. The summed E-state index contributed by atoms with van der Waals surface area (Å²) in [5.41, 5.74) is 7.58. The van der Waals surface area contributed by atoms with Gasteiger partial charge in [-0.2, -0.15) is 0 Å². The second-order valence-electron chi connectivity index (χ2n) is 11.2. The first-order chi connectivity index (χ1) is 19.0. The van der Waals surface area contributed by atoms with Crippen molar-refractivity contribution >= 4 is 17.8 Å². The first-order valence-corrected chi connectivity index (χ1v) is 14.1. The van der Waals surface area contributed by atoms with E-state index in [2.05, 4.69) is 29.8 Å². The molecule has 226 valence electrons. The second kappa shape index (κ2) is 16.4. The van der Waals surface area contributed by atoms with E-state index in [1.165, 1.54) is 0 Å². The first kappa shape index (κ1) is 33.3. The summed E-state index contributed by atoms with van der Waals surface area (Å²) in [7, 11) is 3.27.